The molecule has 9 heteroatoms. The van der Waals surface area contributed by atoms with Gasteiger partial charge in [-0.2, -0.15) is 0 Å². The average molecular weight is 462 g/mol. The Kier molecular flexibility index (Phi) is 7.63. The highest BCUT2D eigenvalue weighted by Crippen LogP contribution is 2.27. The minimum Gasteiger partial charge on any atom is -0.349 e. The number of nitrogens with one attached hydrogen (secondary N) is 3. The van der Waals surface area contributed by atoms with E-state index in [-0.39, 0.29) is 40.5 Å². The van der Waals surface area contributed by atoms with E-state index in [2.05, 4.69) is 15.4 Å². The predicted molar refractivity (Wildman–Crippen MR) is 120 cm³/mol. The molecule has 3 N–H and O–H groups in total. The maximum Gasteiger partial charge on any atom is 0.240 e. The standard InChI is InChI=1S/C23H28FN3O4S/c1-15(17-3-7-19(24)8-4-17)25-23(29)18-5-9-21(10-6-18)27-32(30,31)22-13-11-20(12-14-22)26-16(2)28/h3-4,7-8,11-15,18,21,27H,5-6,9-10H2,1-2H3,(H,25,29)(H,26,28)/t15-,18?,21?/m1/s1. The zero-order valence-electron chi connectivity index (χ0n) is 18.1. The molecule has 0 aliphatic heterocycles. The van der Waals surface area contributed by atoms with Crippen molar-refractivity contribution in [1.29, 1.82) is 0 Å². The third-order valence-corrected chi connectivity index (χ3v) is 7.17. The Labute approximate surface area is 187 Å². The SMILES string of the molecule is CC(=O)Nc1ccc(S(=O)(=O)NC2CCC(C(=O)N[C@H](C)c3ccc(F)cc3)CC2)cc1. The lowest BCUT2D eigenvalue weighted by molar-refractivity contribution is -0.126. The van der Waals surface area contributed by atoms with Gasteiger partial charge in [0.15, 0.2) is 0 Å². The summed E-state index contributed by atoms with van der Waals surface area (Å²) in [6.07, 6.45) is 2.28. The van der Waals surface area contributed by atoms with Gasteiger partial charge in [0.05, 0.1) is 10.9 Å². The Hall–Kier alpha value is -2.78. The monoisotopic (exact) mass is 461 g/mol. The molecule has 0 bridgehead atoms. The van der Waals surface area contributed by atoms with Crippen LogP contribution >= 0.6 is 0 Å². The zero-order valence-corrected chi connectivity index (χ0v) is 18.9. The van der Waals surface area contributed by atoms with Gasteiger partial charge in [-0.1, -0.05) is 12.1 Å². The van der Waals surface area contributed by atoms with Crippen LogP contribution in [0.1, 0.15) is 51.1 Å². The van der Waals surface area contributed by atoms with E-state index < -0.39 is 10.0 Å². The number of benzene rings is 2. The quantitative estimate of drug-likeness (QED) is 0.587. The topological polar surface area (TPSA) is 104 Å². The van der Waals surface area contributed by atoms with Crippen molar-refractivity contribution < 1.29 is 22.4 Å². The van der Waals surface area contributed by atoms with Crippen molar-refractivity contribution in [1.82, 2.24) is 10.0 Å². The summed E-state index contributed by atoms with van der Waals surface area (Å²) in [5.74, 6) is -0.810. The molecule has 0 spiro atoms. The Morgan fingerprint density at radius 1 is 0.969 bits per heavy atom. The number of hydrogen-bond donors (Lipinski definition) is 3. The molecule has 0 radical (unpaired) electrons. The van der Waals surface area contributed by atoms with Crippen LogP contribution in [0.4, 0.5) is 10.1 Å². The van der Waals surface area contributed by atoms with Gasteiger partial charge in [0.25, 0.3) is 0 Å². The van der Waals surface area contributed by atoms with Crippen LogP contribution in [0.3, 0.4) is 0 Å². The van der Waals surface area contributed by atoms with Crippen molar-refractivity contribution in [3.63, 3.8) is 0 Å². The molecule has 172 valence electrons. The summed E-state index contributed by atoms with van der Waals surface area (Å²) in [6.45, 7) is 3.23. The van der Waals surface area contributed by atoms with E-state index in [1.807, 2.05) is 6.92 Å². The first kappa shape index (κ1) is 23.9. The molecule has 0 saturated heterocycles. The summed E-state index contributed by atoms with van der Waals surface area (Å²) in [5.41, 5.74) is 1.35. The van der Waals surface area contributed by atoms with Crippen molar-refractivity contribution >= 4 is 27.5 Å². The van der Waals surface area contributed by atoms with E-state index in [4.69, 9.17) is 0 Å². The smallest absolute Gasteiger partial charge is 0.240 e. The van der Waals surface area contributed by atoms with Crippen molar-refractivity contribution in [2.45, 2.75) is 56.5 Å². The number of carbonyl (C=O) groups excluding carboxylic acids is 2. The van der Waals surface area contributed by atoms with Gasteiger partial charge in [0.1, 0.15) is 5.82 Å². The van der Waals surface area contributed by atoms with Crippen LogP contribution in [0.15, 0.2) is 53.4 Å². The van der Waals surface area contributed by atoms with Crippen LogP contribution in [0, 0.1) is 11.7 Å². The molecule has 3 rings (SSSR count). The number of rotatable bonds is 7. The van der Waals surface area contributed by atoms with Crippen LogP contribution in [0.25, 0.3) is 0 Å². The van der Waals surface area contributed by atoms with Crippen LogP contribution in [0.5, 0.6) is 0 Å². The zero-order chi connectivity index (χ0) is 23.3. The van der Waals surface area contributed by atoms with Gasteiger partial charge in [0, 0.05) is 24.6 Å². The molecule has 0 aromatic heterocycles. The molecular weight excluding hydrogens is 433 g/mol. The maximum atomic E-state index is 13.1. The second-order valence-electron chi connectivity index (χ2n) is 8.16. The van der Waals surface area contributed by atoms with E-state index in [1.165, 1.54) is 31.2 Å². The minimum atomic E-state index is -3.70. The molecule has 1 saturated carbocycles. The maximum absolute atomic E-state index is 13.1. The molecule has 2 aromatic carbocycles. The van der Waals surface area contributed by atoms with E-state index in [0.29, 0.717) is 31.4 Å². The summed E-state index contributed by atoms with van der Waals surface area (Å²) in [5, 5.41) is 5.56. The van der Waals surface area contributed by atoms with Crippen LogP contribution in [-0.4, -0.2) is 26.3 Å². The third kappa shape index (κ3) is 6.37. The molecule has 0 heterocycles. The van der Waals surface area contributed by atoms with Crippen LogP contribution in [0.2, 0.25) is 0 Å². The van der Waals surface area contributed by atoms with Crippen molar-refractivity contribution in [3.05, 3.63) is 59.9 Å². The van der Waals surface area contributed by atoms with E-state index in [9.17, 15) is 22.4 Å². The lowest BCUT2D eigenvalue weighted by Crippen LogP contribution is -2.41. The van der Waals surface area contributed by atoms with Gasteiger partial charge in [-0.25, -0.2) is 17.5 Å². The number of sulfonamides is 1. The number of amides is 2. The fourth-order valence-corrected chi connectivity index (χ4v) is 5.15. The predicted octanol–water partition coefficient (Wildman–Crippen LogP) is 3.50. The fourth-order valence-electron chi connectivity index (χ4n) is 3.85. The molecule has 1 aliphatic rings. The summed E-state index contributed by atoms with van der Waals surface area (Å²) in [4.78, 5) is 23.8. The Morgan fingerprint density at radius 2 is 1.56 bits per heavy atom. The normalized spacial score (nSPS) is 19.7. The molecule has 0 unspecified atom stereocenters. The first-order valence-corrected chi connectivity index (χ1v) is 12.1. The summed E-state index contributed by atoms with van der Waals surface area (Å²) in [6, 6.07) is 11.5. The lowest BCUT2D eigenvalue weighted by Gasteiger charge is -2.29. The van der Waals surface area contributed by atoms with Crippen molar-refractivity contribution in [2.24, 2.45) is 5.92 Å². The Morgan fingerprint density at radius 3 is 2.12 bits per heavy atom. The molecule has 2 aromatic rings. The van der Waals surface area contributed by atoms with E-state index >= 15 is 0 Å². The molecule has 32 heavy (non-hydrogen) atoms. The van der Waals surface area contributed by atoms with Gasteiger partial charge in [0.2, 0.25) is 21.8 Å². The largest absolute Gasteiger partial charge is 0.349 e. The van der Waals surface area contributed by atoms with Gasteiger partial charge >= 0.3 is 0 Å². The molecule has 1 fully saturated rings. The fraction of sp³-hybridized carbons (Fsp3) is 0.391. The van der Waals surface area contributed by atoms with Gasteiger partial charge in [-0.3, -0.25) is 9.59 Å². The number of anilines is 1. The third-order valence-electron chi connectivity index (χ3n) is 5.63. The Balaban J connectivity index is 1.50. The molecular formula is C23H28FN3O4S. The van der Waals surface area contributed by atoms with Crippen LogP contribution < -0.4 is 15.4 Å². The first-order chi connectivity index (χ1) is 15.1. The highest BCUT2D eigenvalue weighted by atomic mass is 32.2. The summed E-state index contributed by atoms with van der Waals surface area (Å²) in [7, 11) is -3.70. The van der Waals surface area contributed by atoms with Gasteiger partial charge < -0.3 is 10.6 Å². The Bertz CT molecular complexity index is 1050. The molecule has 2 amide bonds. The van der Waals surface area contributed by atoms with E-state index in [1.54, 1.807) is 24.3 Å². The molecule has 7 nitrogen and oxygen atoms in total. The van der Waals surface area contributed by atoms with Gasteiger partial charge in [-0.15, -0.1) is 0 Å². The van der Waals surface area contributed by atoms with Crippen LogP contribution in [-0.2, 0) is 19.6 Å². The number of carbonyl (C=O) groups is 2. The first-order valence-electron chi connectivity index (χ1n) is 10.6. The number of halogens is 1. The minimum absolute atomic E-state index is 0.0725. The second kappa shape index (κ2) is 10.2. The lowest BCUT2D eigenvalue weighted by atomic mass is 9.85. The second-order valence-corrected chi connectivity index (χ2v) is 9.87. The molecule has 1 aliphatic carbocycles. The average Bonchev–Trinajstić information content (AvgIpc) is 2.74. The summed E-state index contributed by atoms with van der Waals surface area (Å²) >= 11 is 0. The number of hydrogen-bond acceptors (Lipinski definition) is 4. The highest BCUT2D eigenvalue weighted by Gasteiger charge is 2.29. The van der Waals surface area contributed by atoms with E-state index in [0.717, 1.165) is 5.56 Å². The van der Waals surface area contributed by atoms with Crippen molar-refractivity contribution in [3.8, 4) is 0 Å². The summed E-state index contributed by atoms with van der Waals surface area (Å²) < 4.78 is 41.1. The highest BCUT2D eigenvalue weighted by molar-refractivity contribution is 7.89. The van der Waals surface area contributed by atoms with Crippen molar-refractivity contribution in [2.75, 3.05) is 5.32 Å². The van der Waals surface area contributed by atoms with Gasteiger partial charge in [-0.05, 0) is 74.6 Å². The molecule has 1 atom stereocenters.